The number of ether oxygens (including phenoxy) is 1. The summed E-state index contributed by atoms with van der Waals surface area (Å²) < 4.78 is 5.25. The molecule has 0 aliphatic carbocycles. The summed E-state index contributed by atoms with van der Waals surface area (Å²) in [5, 5.41) is 3.65. The van der Waals surface area contributed by atoms with E-state index in [0.717, 1.165) is 10.6 Å². The fraction of sp³-hybridized carbons (Fsp3) is 0.609. The first kappa shape index (κ1) is 25.5. The number of hydrogen-bond donors (Lipinski definition) is 1. The average molecular weight is 421 g/mol. The summed E-state index contributed by atoms with van der Waals surface area (Å²) in [5.41, 5.74) is -0.580. The van der Waals surface area contributed by atoms with Crippen molar-refractivity contribution >= 4 is 18.0 Å². The van der Waals surface area contributed by atoms with Crippen LogP contribution in [0.5, 0.6) is 0 Å². The van der Waals surface area contributed by atoms with Crippen LogP contribution in [0.2, 0.25) is 0 Å². The predicted molar refractivity (Wildman–Crippen MR) is 115 cm³/mol. The highest BCUT2D eigenvalue weighted by molar-refractivity contribution is 5.85. The number of amides is 2. The maximum absolute atomic E-state index is 13.1. The molecule has 168 valence electrons. The van der Waals surface area contributed by atoms with Crippen LogP contribution in [0.3, 0.4) is 0 Å². The van der Waals surface area contributed by atoms with Gasteiger partial charge in [0.2, 0.25) is 0 Å². The SMILES string of the molecule is CCC(C)(C)C(=O)N(Cc1ccccc1)OC(=O)[C@@H](NC(=O)OC(C)(C)C)C(C)C. The Bertz CT molecular complexity index is 723. The van der Waals surface area contributed by atoms with Crippen molar-refractivity contribution in [1.29, 1.82) is 0 Å². The Kier molecular flexibility index (Phi) is 8.88. The molecule has 2 amide bonds. The third-order valence-corrected chi connectivity index (χ3v) is 4.65. The Morgan fingerprint density at radius 3 is 2.07 bits per heavy atom. The maximum Gasteiger partial charge on any atom is 0.408 e. The fourth-order valence-corrected chi connectivity index (χ4v) is 2.48. The second-order valence-electron chi connectivity index (χ2n) is 9.34. The third kappa shape index (κ3) is 8.05. The molecule has 7 heteroatoms. The number of hydroxylamine groups is 2. The molecular weight excluding hydrogens is 384 g/mol. The van der Waals surface area contributed by atoms with Crippen molar-refractivity contribution in [3.8, 4) is 0 Å². The number of nitrogens with zero attached hydrogens (tertiary/aromatic N) is 1. The van der Waals surface area contributed by atoms with Gasteiger partial charge in [-0.15, -0.1) is 0 Å². The molecule has 1 N–H and O–H groups in total. The topological polar surface area (TPSA) is 84.9 Å². The highest BCUT2D eigenvalue weighted by Crippen LogP contribution is 2.25. The largest absolute Gasteiger partial charge is 0.444 e. The van der Waals surface area contributed by atoms with Gasteiger partial charge in [-0.25, -0.2) is 9.59 Å². The summed E-state index contributed by atoms with van der Waals surface area (Å²) >= 11 is 0. The lowest BCUT2D eigenvalue weighted by Crippen LogP contribution is -2.50. The van der Waals surface area contributed by atoms with Gasteiger partial charge < -0.3 is 14.9 Å². The Morgan fingerprint density at radius 2 is 1.60 bits per heavy atom. The van der Waals surface area contributed by atoms with E-state index in [1.807, 2.05) is 37.3 Å². The number of carbonyl (C=O) groups excluding carboxylic acids is 3. The van der Waals surface area contributed by atoms with Crippen LogP contribution in [-0.4, -0.2) is 34.7 Å². The molecule has 1 aromatic rings. The lowest BCUT2D eigenvalue weighted by atomic mass is 9.89. The third-order valence-electron chi connectivity index (χ3n) is 4.65. The molecule has 1 atom stereocenters. The Labute approximate surface area is 180 Å². The highest BCUT2D eigenvalue weighted by atomic mass is 16.7. The van der Waals surface area contributed by atoms with Crippen LogP contribution in [0.15, 0.2) is 30.3 Å². The first-order valence-electron chi connectivity index (χ1n) is 10.3. The number of carbonyl (C=O) groups is 3. The smallest absolute Gasteiger partial charge is 0.408 e. The summed E-state index contributed by atoms with van der Waals surface area (Å²) in [6.07, 6.45) is -0.133. The molecule has 0 aliphatic heterocycles. The minimum Gasteiger partial charge on any atom is -0.444 e. The van der Waals surface area contributed by atoms with Crippen LogP contribution in [0, 0.1) is 11.3 Å². The average Bonchev–Trinajstić information content (AvgIpc) is 2.64. The van der Waals surface area contributed by atoms with Crippen molar-refractivity contribution in [2.45, 2.75) is 80.0 Å². The molecule has 0 radical (unpaired) electrons. The predicted octanol–water partition coefficient (Wildman–Crippen LogP) is 4.46. The van der Waals surface area contributed by atoms with Crippen molar-refractivity contribution in [1.82, 2.24) is 10.4 Å². The molecule has 0 saturated carbocycles. The van der Waals surface area contributed by atoms with E-state index in [9.17, 15) is 14.4 Å². The van der Waals surface area contributed by atoms with E-state index in [-0.39, 0.29) is 18.4 Å². The zero-order chi connectivity index (χ0) is 23.1. The minimum absolute atomic E-state index is 0.117. The van der Waals surface area contributed by atoms with Gasteiger partial charge in [0, 0.05) is 5.41 Å². The molecule has 7 nitrogen and oxygen atoms in total. The second kappa shape index (κ2) is 10.5. The molecule has 0 fully saturated rings. The first-order chi connectivity index (χ1) is 13.8. The van der Waals surface area contributed by atoms with Gasteiger partial charge in [-0.2, -0.15) is 5.06 Å². The fourth-order valence-electron chi connectivity index (χ4n) is 2.48. The summed E-state index contributed by atoms with van der Waals surface area (Å²) in [6.45, 7) is 14.4. The maximum atomic E-state index is 13.1. The van der Waals surface area contributed by atoms with E-state index in [2.05, 4.69) is 5.32 Å². The van der Waals surface area contributed by atoms with E-state index >= 15 is 0 Å². The molecule has 0 aromatic heterocycles. The van der Waals surface area contributed by atoms with Crippen LogP contribution >= 0.6 is 0 Å². The van der Waals surface area contributed by atoms with Gasteiger partial charge in [0.25, 0.3) is 5.91 Å². The molecule has 0 heterocycles. The zero-order valence-corrected chi connectivity index (χ0v) is 19.4. The number of rotatable bonds is 7. The molecule has 30 heavy (non-hydrogen) atoms. The van der Waals surface area contributed by atoms with Crippen molar-refractivity contribution in [2.75, 3.05) is 0 Å². The molecule has 0 saturated heterocycles. The van der Waals surface area contributed by atoms with Crippen LogP contribution < -0.4 is 5.32 Å². The molecule has 0 spiro atoms. The number of hydrogen-bond acceptors (Lipinski definition) is 5. The Morgan fingerprint density at radius 1 is 1.03 bits per heavy atom. The van der Waals surface area contributed by atoms with E-state index in [1.54, 1.807) is 48.5 Å². The van der Waals surface area contributed by atoms with Gasteiger partial charge in [-0.1, -0.05) is 65.0 Å². The van der Waals surface area contributed by atoms with Crippen LogP contribution in [0.25, 0.3) is 0 Å². The van der Waals surface area contributed by atoms with E-state index in [0.29, 0.717) is 6.42 Å². The van der Waals surface area contributed by atoms with Crippen LogP contribution in [0.1, 0.15) is 67.4 Å². The lowest BCUT2D eigenvalue weighted by molar-refractivity contribution is -0.209. The van der Waals surface area contributed by atoms with Gasteiger partial charge in [0.1, 0.15) is 11.6 Å². The van der Waals surface area contributed by atoms with E-state index in [4.69, 9.17) is 9.57 Å². The standard InChI is InChI=1S/C23H36N2O5/c1-9-23(7,8)20(27)25(15-17-13-11-10-12-14-17)30-19(26)18(16(2)3)24-21(28)29-22(4,5)6/h10-14,16,18H,9,15H2,1-8H3,(H,24,28)/t18-/m0/s1. The minimum atomic E-state index is -0.962. The molecular formula is C23H36N2O5. The van der Waals surface area contributed by atoms with Crippen LogP contribution in [-0.2, 0) is 25.7 Å². The van der Waals surface area contributed by atoms with Crippen molar-refractivity contribution in [3.63, 3.8) is 0 Å². The van der Waals surface area contributed by atoms with Crippen molar-refractivity contribution in [2.24, 2.45) is 11.3 Å². The molecule has 0 bridgehead atoms. The number of nitrogens with one attached hydrogen (secondary N) is 1. The van der Waals surface area contributed by atoms with Gasteiger partial charge in [0.15, 0.2) is 0 Å². The summed E-state index contributed by atoms with van der Waals surface area (Å²) in [6, 6.07) is 8.32. The van der Waals surface area contributed by atoms with E-state index < -0.39 is 29.1 Å². The second-order valence-corrected chi connectivity index (χ2v) is 9.34. The normalized spacial score (nSPS) is 12.8. The monoisotopic (exact) mass is 420 g/mol. The van der Waals surface area contributed by atoms with Crippen molar-refractivity contribution < 1.29 is 24.0 Å². The first-order valence-corrected chi connectivity index (χ1v) is 10.3. The number of alkyl carbamates (subject to hydrolysis) is 1. The Balaban J connectivity index is 3.04. The van der Waals surface area contributed by atoms with Gasteiger partial charge >= 0.3 is 12.1 Å². The summed E-state index contributed by atoms with van der Waals surface area (Å²) in [5.74, 6) is -1.29. The molecule has 1 rings (SSSR count). The Hall–Kier alpha value is -2.57. The van der Waals surface area contributed by atoms with Gasteiger partial charge in [-0.3, -0.25) is 4.79 Å². The summed E-state index contributed by atoms with van der Waals surface area (Å²) in [4.78, 5) is 43.7. The highest BCUT2D eigenvalue weighted by Gasteiger charge is 2.36. The molecule has 1 aromatic carbocycles. The van der Waals surface area contributed by atoms with Crippen LogP contribution in [0.4, 0.5) is 4.79 Å². The number of benzene rings is 1. The van der Waals surface area contributed by atoms with E-state index in [1.165, 1.54) is 0 Å². The van der Waals surface area contributed by atoms with Crippen molar-refractivity contribution in [3.05, 3.63) is 35.9 Å². The quantitative estimate of drug-likeness (QED) is 0.658. The van der Waals surface area contributed by atoms with Gasteiger partial charge in [-0.05, 0) is 38.7 Å². The summed E-state index contributed by atoms with van der Waals surface area (Å²) in [7, 11) is 0. The zero-order valence-electron chi connectivity index (χ0n) is 19.4. The van der Waals surface area contributed by atoms with Gasteiger partial charge in [0.05, 0.1) is 6.54 Å². The molecule has 0 unspecified atom stereocenters. The lowest BCUT2D eigenvalue weighted by Gasteiger charge is -2.31. The molecule has 0 aliphatic rings.